The van der Waals surface area contributed by atoms with Crippen molar-refractivity contribution in [2.45, 2.75) is 76.3 Å². The van der Waals surface area contributed by atoms with Crippen LogP contribution in [0.1, 0.15) is 33.3 Å². The van der Waals surface area contributed by atoms with Crippen LogP contribution in [-0.2, 0) is 35.0 Å². The predicted molar refractivity (Wildman–Crippen MR) is 105 cm³/mol. The Hall–Kier alpha value is -1.77. The fourth-order valence-electron chi connectivity index (χ4n) is 4.09. The molecule has 3 aliphatic heterocycles. The number of benzene rings is 1. The van der Waals surface area contributed by atoms with Crippen LogP contribution >= 0.6 is 0 Å². The van der Waals surface area contributed by atoms with Gasteiger partial charge in [-0.1, -0.05) is 30.3 Å². The third-order valence-electron chi connectivity index (χ3n) is 5.33. The Kier molecular flexibility index (Phi) is 5.52. The lowest BCUT2D eigenvalue weighted by molar-refractivity contribution is -0.175. The summed E-state index contributed by atoms with van der Waals surface area (Å²) >= 11 is 0. The van der Waals surface area contributed by atoms with Gasteiger partial charge in [0.2, 0.25) is 0 Å². The Labute approximate surface area is 171 Å². The minimum atomic E-state index is -0.787. The molecule has 0 radical (unpaired) electrons. The van der Waals surface area contributed by atoms with E-state index in [1.807, 2.05) is 58.0 Å². The average molecular weight is 403 g/mol. The number of carbonyl (C=O) groups excluding carboxylic acids is 1. The maximum atomic E-state index is 11.7. The Morgan fingerprint density at radius 2 is 1.83 bits per heavy atom. The summed E-state index contributed by atoms with van der Waals surface area (Å²) in [5.74, 6) is -1.81. The molecular weight excluding hydrogens is 374 g/mol. The molecule has 2 saturated heterocycles. The summed E-state index contributed by atoms with van der Waals surface area (Å²) in [7, 11) is 0. The van der Waals surface area contributed by atoms with Crippen LogP contribution in [0.4, 0.5) is 0 Å². The molecule has 3 aliphatic rings. The number of nitrogens with one attached hydrogen (secondary N) is 1. The Bertz CT molecular complexity index is 762. The van der Waals surface area contributed by atoms with Gasteiger partial charge in [-0.25, -0.2) is 4.79 Å². The van der Waals surface area contributed by atoms with Crippen LogP contribution in [0.15, 0.2) is 42.5 Å². The lowest BCUT2D eigenvalue weighted by Crippen LogP contribution is -2.54. The first-order chi connectivity index (χ1) is 13.7. The number of hydrogen-bond acceptors (Lipinski definition) is 7. The summed E-state index contributed by atoms with van der Waals surface area (Å²) in [4.78, 5) is 11.7. The third kappa shape index (κ3) is 4.70. The first-order valence-electron chi connectivity index (χ1n) is 10.1. The van der Waals surface area contributed by atoms with Gasteiger partial charge in [-0.05, 0) is 39.3 Å². The molecule has 1 aromatic rings. The van der Waals surface area contributed by atoms with E-state index < -0.39 is 23.8 Å². The van der Waals surface area contributed by atoms with Gasteiger partial charge >= 0.3 is 5.97 Å². The lowest BCUT2D eigenvalue weighted by atomic mass is 9.96. The molecule has 5 atom stereocenters. The zero-order chi connectivity index (χ0) is 20.6. The smallest absolute Gasteiger partial charge is 0.331 e. The van der Waals surface area contributed by atoms with E-state index >= 15 is 0 Å². The summed E-state index contributed by atoms with van der Waals surface area (Å²) in [5.41, 5.74) is 1.13. The zero-order valence-corrected chi connectivity index (χ0v) is 17.3. The first kappa shape index (κ1) is 20.5. The summed E-state index contributed by atoms with van der Waals surface area (Å²) in [5, 5.41) is 3.52. The van der Waals surface area contributed by atoms with Gasteiger partial charge in [0.1, 0.15) is 24.4 Å². The van der Waals surface area contributed by atoms with E-state index in [0.717, 1.165) is 5.56 Å². The Balaban J connectivity index is 1.57. The van der Waals surface area contributed by atoms with Crippen molar-refractivity contribution in [3.63, 3.8) is 0 Å². The van der Waals surface area contributed by atoms with Crippen molar-refractivity contribution >= 4 is 5.97 Å². The van der Waals surface area contributed by atoms with Crippen molar-refractivity contribution in [2.75, 3.05) is 6.61 Å². The standard InChI is InChI=1S/C22H29NO6/c1-21(2)25-13-16(27-21)19-20(29-22(3,4)28-19)18(15-10-11-17(24)26-15)23-12-14-8-6-5-7-9-14/h5-11,15-16,18-20,23H,12-13H2,1-4H3/t15-,16-,18-,19-,20-/m1/s1. The molecule has 158 valence electrons. The number of rotatable bonds is 6. The highest BCUT2D eigenvalue weighted by atomic mass is 16.8. The van der Waals surface area contributed by atoms with Gasteiger partial charge in [0, 0.05) is 12.6 Å². The molecule has 0 saturated carbocycles. The summed E-state index contributed by atoms with van der Waals surface area (Å²) in [6.45, 7) is 8.55. The highest BCUT2D eigenvalue weighted by Crippen LogP contribution is 2.38. The molecule has 29 heavy (non-hydrogen) atoms. The molecule has 0 bridgehead atoms. The van der Waals surface area contributed by atoms with Gasteiger partial charge in [0.15, 0.2) is 11.6 Å². The maximum Gasteiger partial charge on any atom is 0.331 e. The topological polar surface area (TPSA) is 75.3 Å². The number of cyclic esters (lactones) is 1. The highest BCUT2D eigenvalue weighted by Gasteiger charge is 2.53. The summed E-state index contributed by atoms with van der Waals surface area (Å²) in [6.07, 6.45) is 1.73. The molecule has 1 aromatic carbocycles. The molecule has 7 heteroatoms. The number of carbonyl (C=O) groups is 1. The van der Waals surface area contributed by atoms with Crippen LogP contribution in [0.3, 0.4) is 0 Å². The van der Waals surface area contributed by atoms with Crippen LogP contribution in [0.2, 0.25) is 0 Å². The van der Waals surface area contributed by atoms with Crippen LogP contribution in [0, 0.1) is 0 Å². The molecule has 0 spiro atoms. The van der Waals surface area contributed by atoms with Crippen LogP contribution < -0.4 is 5.32 Å². The lowest BCUT2D eigenvalue weighted by Gasteiger charge is -2.32. The second-order valence-electron chi connectivity index (χ2n) is 8.58. The third-order valence-corrected chi connectivity index (χ3v) is 5.33. The van der Waals surface area contributed by atoms with E-state index in [-0.39, 0.29) is 24.2 Å². The average Bonchev–Trinajstić information content (AvgIpc) is 3.33. The van der Waals surface area contributed by atoms with Crippen molar-refractivity contribution in [3.8, 4) is 0 Å². The minimum absolute atomic E-state index is 0.279. The highest BCUT2D eigenvalue weighted by molar-refractivity contribution is 5.84. The normalized spacial score (nSPS) is 33.7. The Morgan fingerprint density at radius 3 is 2.45 bits per heavy atom. The van der Waals surface area contributed by atoms with Gasteiger partial charge in [-0.2, -0.15) is 0 Å². The molecule has 1 N–H and O–H groups in total. The number of esters is 1. The predicted octanol–water partition coefficient (Wildman–Crippen LogP) is 2.30. The second kappa shape index (κ2) is 7.81. The molecule has 2 fully saturated rings. The van der Waals surface area contributed by atoms with Crippen LogP contribution in [-0.4, -0.2) is 54.6 Å². The molecule has 3 heterocycles. The number of hydrogen-bond donors (Lipinski definition) is 1. The first-order valence-corrected chi connectivity index (χ1v) is 10.1. The van der Waals surface area contributed by atoms with Gasteiger partial charge in [0.05, 0.1) is 12.6 Å². The fourth-order valence-corrected chi connectivity index (χ4v) is 4.09. The monoisotopic (exact) mass is 403 g/mol. The molecule has 0 aliphatic carbocycles. The summed E-state index contributed by atoms with van der Waals surface area (Å²) in [6, 6.07) is 9.75. The second-order valence-corrected chi connectivity index (χ2v) is 8.58. The zero-order valence-electron chi connectivity index (χ0n) is 17.3. The molecule has 7 nitrogen and oxygen atoms in total. The van der Waals surface area contributed by atoms with Crippen molar-refractivity contribution in [1.82, 2.24) is 5.32 Å². The van der Waals surface area contributed by atoms with E-state index in [9.17, 15) is 4.79 Å². The van der Waals surface area contributed by atoms with Crippen molar-refractivity contribution in [3.05, 3.63) is 48.0 Å². The Morgan fingerprint density at radius 1 is 1.07 bits per heavy atom. The maximum absolute atomic E-state index is 11.7. The molecule has 0 aromatic heterocycles. The molecule has 4 rings (SSSR count). The van der Waals surface area contributed by atoms with Gasteiger partial charge in [0.25, 0.3) is 0 Å². The minimum Gasteiger partial charge on any atom is -0.453 e. The molecule has 0 unspecified atom stereocenters. The molecule has 0 amide bonds. The van der Waals surface area contributed by atoms with Crippen molar-refractivity contribution < 1.29 is 28.5 Å². The van der Waals surface area contributed by atoms with Crippen molar-refractivity contribution in [1.29, 1.82) is 0 Å². The summed E-state index contributed by atoms with van der Waals surface area (Å²) < 4.78 is 29.9. The van der Waals surface area contributed by atoms with Crippen molar-refractivity contribution in [2.24, 2.45) is 0 Å². The van der Waals surface area contributed by atoms with Crippen LogP contribution in [0.25, 0.3) is 0 Å². The largest absolute Gasteiger partial charge is 0.453 e. The van der Waals surface area contributed by atoms with E-state index in [0.29, 0.717) is 13.2 Å². The van der Waals surface area contributed by atoms with E-state index in [1.54, 1.807) is 6.08 Å². The van der Waals surface area contributed by atoms with E-state index in [1.165, 1.54) is 6.08 Å². The molecular formula is C22H29NO6. The van der Waals surface area contributed by atoms with Gasteiger partial charge in [-0.15, -0.1) is 0 Å². The van der Waals surface area contributed by atoms with E-state index in [2.05, 4.69) is 5.32 Å². The van der Waals surface area contributed by atoms with Gasteiger partial charge < -0.3 is 29.0 Å². The quantitative estimate of drug-likeness (QED) is 0.731. The number of ether oxygens (including phenoxy) is 5. The van der Waals surface area contributed by atoms with E-state index in [4.69, 9.17) is 23.7 Å². The SMILES string of the molecule is CC1(C)O[C@H]([C@H](NCc2ccccc2)[C@H]2C=CC(=O)O2)[C@@H]([C@H]2COC(C)(C)O2)O1. The van der Waals surface area contributed by atoms with Gasteiger partial charge in [-0.3, -0.25) is 0 Å². The fraction of sp³-hybridized carbons (Fsp3) is 0.591. The van der Waals surface area contributed by atoms with Crippen LogP contribution in [0.5, 0.6) is 0 Å².